The van der Waals surface area contributed by atoms with Crippen LogP contribution >= 0.6 is 0 Å². The number of likely N-dealkylation sites (tertiary alicyclic amines) is 1. The predicted molar refractivity (Wildman–Crippen MR) is 73.1 cm³/mol. The first-order valence-electron chi connectivity index (χ1n) is 6.54. The van der Waals surface area contributed by atoms with Gasteiger partial charge in [-0.05, 0) is 37.1 Å². The Morgan fingerprint density at radius 2 is 2.11 bits per heavy atom. The Morgan fingerprint density at radius 3 is 2.68 bits per heavy atom. The van der Waals surface area contributed by atoms with Crippen LogP contribution in [0.3, 0.4) is 0 Å². The number of carbonyl (C=O) groups excluding carboxylic acids is 1. The summed E-state index contributed by atoms with van der Waals surface area (Å²) in [6.07, 6.45) is 4.11. The third kappa shape index (κ3) is 3.20. The van der Waals surface area contributed by atoms with Gasteiger partial charge in [-0.25, -0.2) is 4.39 Å². The van der Waals surface area contributed by atoms with Crippen molar-refractivity contribution in [2.75, 3.05) is 13.1 Å². The van der Waals surface area contributed by atoms with Crippen LogP contribution in [0.4, 0.5) is 4.39 Å². The molecule has 0 saturated carbocycles. The topological polar surface area (TPSA) is 46.3 Å². The van der Waals surface area contributed by atoms with Gasteiger partial charge >= 0.3 is 0 Å². The first-order valence-corrected chi connectivity index (χ1v) is 6.54. The number of hydrogen-bond acceptors (Lipinski definition) is 2. The molecule has 2 N–H and O–H groups in total. The summed E-state index contributed by atoms with van der Waals surface area (Å²) in [5.74, 6) is -0.0382. The quantitative estimate of drug-likeness (QED) is 0.829. The highest BCUT2D eigenvalue weighted by Gasteiger charge is 2.29. The summed E-state index contributed by atoms with van der Waals surface area (Å²) in [5, 5.41) is 0. The zero-order valence-corrected chi connectivity index (χ0v) is 11.1. The van der Waals surface area contributed by atoms with E-state index in [2.05, 4.69) is 0 Å². The first kappa shape index (κ1) is 13.7. The van der Waals surface area contributed by atoms with Gasteiger partial charge in [-0.2, -0.15) is 0 Å². The van der Waals surface area contributed by atoms with Gasteiger partial charge in [0.1, 0.15) is 5.82 Å². The Morgan fingerprint density at radius 1 is 1.42 bits per heavy atom. The number of rotatable bonds is 2. The van der Waals surface area contributed by atoms with Crippen molar-refractivity contribution in [3.05, 3.63) is 47.8 Å². The molecule has 19 heavy (non-hydrogen) atoms. The fraction of sp³-hybridized carbons (Fsp3) is 0.400. The molecule has 1 aromatic rings. The molecule has 1 fully saturated rings. The molecular formula is C15H19FN2O. The Balaban J connectivity index is 2.04. The molecule has 0 spiro atoms. The smallest absolute Gasteiger partial charge is 0.246 e. The van der Waals surface area contributed by atoms with E-state index in [1.54, 1.807) is 29.2 Å². The lowest BCUT2D eigenvalue weighted by atomic mass is 9.86. The van der Waals surface area contributed by atoms with Crippen LogP contribution in [-0.4, -0.2) is 29.9 Å². The second-order valence-corrected chi connectivity index (χ2v) is 4.89. The van der Waals surface area contributed by atoms with Crippen molar-refractivity contribution < 1.29 is 9.18 Å². The van der Waals surface area contributed by atoms with Gasteiger partial charge in [0, 0.05) is 25.0 Å². The summed E-state index contributed by atoms with van der Waals surface area (Å²) in [4.78, 5) is 13.5. The van der Waals surface area contributed by atoms with Crippen LogP contribution in [0.2, 0.25) is 0 Å². The van der Waals surface area contributed by atoms with Crippen LogP contribution in [0, 0.1) is 5.82 Å². The van der Waals surface area contributed by atoms with Crippen molar-refractivity contribution >= 4 is 5.91 Å². The zero-order chi connectivity index (χ0) is 13.8. The standard InChI is InChI=1S/C15H19FN2O/c1-2-3-15(19)18-9-8-13(14(17)10-18)11-4-6-12(16)7-5-11/h2-7,13-14H,8-10,17H2,1H3/b3-2+. The maximum Gasteiger partial charge on any atom is 0.246 e. The van der Waals surface area contributed by atoms with Crippen molar-refractivity contribution in [3.63, 3.8) is 0 Å². The Bertz CT molecular complexity index is 470. The minimum absolute atomic E-state index is 0.00973. The third-order valence-corrected chi connectivity index (χ3v) is 3.58. The molecule has 0 aliphatic carbocycles. The fourth-order valence-corrected chi connectivity index (χ4v) is 2.55. The molecule has 1 saturated heterocycles. The van der Waals surface area contributed by atoms with Crippen LogP contribution in [0.5, 0.6) is 0 Å². The average Bonchev–Trinajstić information content (AvgIpc) is 2.40. The molecule has 0 bridgehead atoms. The van der Waals surface area contributed by atoms with Crippen LogP contribution in [0.1, 0.15) is 24.8 Å². The van der Waals surface area contributed by atoms with E-state index in [0.717, 1.165) is 12.0 Å². The van der Waals surface area contributed by atoms with Crippen LogP contribution in [-0.2, 0) is 4.79 Å². The molecule has 2 atom stereocenters. The summed E-state index contributed by atoms with van der Waals surface area (Å²) >= 11 is 0. The highest BCUT2D eigenvalue weighted by Crippen LogP contribution is 2.27. The van der Waals surface area contributed by atoms with Gasteiger partial charge in [0.2, 0.25) is 5.91 Å². The molecule has 4 heteroatoms. The molecule has 1 aliphatic rings. The first-order chi connectivity index (χ1) is 9.11. The van der Waals surface area contributed by atoms with E-state index in [0.29, 0.717) is 13.1 Å². The Hall–Kier alpha value is -1.68. The number of carbonyl (C=O) groups is 1. The number of hydrogen-bond donors (Lipinski definition) is 1. The average molecular weight is 262 g/mol. The van der Waals surface area contributed by atoms with Crippen LogP contribution in [0.15, 0.2) is 36.4 Å². The zero-order valence-electron chi connectivity index (χ0n) is 11.1. The van der Waals surface area contributed by atoms with E-state index < -0.39 is 0 Å². The molecule has 3 nitrogen and oxygen atoms in total. The lowest BCUT2D eigenvalue weighted by Gasteiger charge is -2.36. The number of allylic oxidation sites excluding steroid dienone is 1. The number of piperidine rings is 1. The molecule has 102 valence electrons. The minimum atomic E-state index is -0.238. The predicted octanol–water partition coefficient (Wildman–Crippen LogP) is 2.04. The lowest BCUT2D eigenvalue weighted by Crippen LogP contribution is -2.49. The highest BCUT2D eigenvalue weighted by atomic mass is 19.1. The van der Waals surface area contributed by atoms with Crippen molar-refractivity contribution in [2.45, 2.75) is 25.3 Å². The van der Waals surface area contributed by atoms with Gasteiger partial charge < -0.3 is 10.6 Å². The van der Waals surface area contributed by atoms with Crippen LogP contribution in [0.25, 0.3) is 0 Å². The molecule has 0 aromatic heterocycles. The molecule has 2 unspecified atom stereocenters. The van der Waals surface area contributed by atoms with Gasteiger partial charge in [0.25, 0.3) is 0 Å². The van der Waals surface area contributed by atoms with E-state index in [-0.39, 0.29) is 23.7 Å². The maximum absolute atomic E-state index is 12.9. The Kier molecular flexibility index (Phi) is 4.32. The van der Waals surface area contributed by atoms with E-state index in [4.69, 9.17) is 5.73 Å². The second-order valence-electron chi connectivity index (χ2n) is 4.89. The summed E-state index contributed by atoms with van der Waals surface area (Å²) in [7, 11) is 0. The minimum Gasteiger partial charge on any atom is -0.338 e. The van der Waals surface area contributed by atoms with E-state index in [1.165, 1.54) is 12.1 Å². The van der Waals surface area contributed by atoms with Crippen molar-refractivity contribution in [3.8, 4) is 0 Å². The van der Waals surface area contributed by atoms with Crippen molar-refractivity contribution in [2.24, 2.45) is 5.73 Å². The van der Waals surface area contributed by atoms with Gasteiger partial charge in [0.05, 0.1) is 0 Å². The molecular weight excluding hydrogens is 243 g/mol. The summed E-state index contributed by atoms with van der Waals surface area (Å²) in [6.45, 7) is 3.06. The second kappa shape index (κ2) is 5.97. The number of nitrogens with two attached hydrogens (primary N) is 1. The summed E-state index contributed by atoms with van der Waals surface area (Å²) in [5.41, 5.74) is 7.21. The Labute approximate surface area is 112 Å². The summed E-state index contributed by atoms with van der Waals surface area (Å²) < 4.78 is 12.9. The van der Waals surface area contributed by atoms with E-state index >= 15 is 0 Å². The van der Waals surface area contributed by atoms with Crippen molar-refractivity contribution in [1.82, 2.24) is 4.90 Å². The van der Waals surface area contributed by atoms with Gasteiger partial charge in [-0.1, -0.05) is 18.2 Å². The normalized spacial score (nSPS) is 23.8. The molecule has 1 aromatic carbocycles. The van der Waals surface area contributed by atoms with Gasteiger partial charge in [0.15, 0.2) is 0 Å². The largest absolute Gasteiger partial charge is 0.338 e. The number of halogens is 1. The maximum atomic E-state index is 12.9. The summed E-state index contributed by atoms with van der Waals surface area (Å²) in [6, 6.07) is 6.37. The fourth-order valence-electron chi connectivity index (χ4n) is 2.55. The van der Waals surface area contributed by atoms with E-state index in [1.807, 2.05) is 6.92 Å². The van der Waals surface area contributed by atoms with Crippen molar-refractivity contribution in [1.29, 1.82) is 0 Å². The molecule has 2 rings (SSSR count). The van der Waals surface area contributed by atoms with E-state index in [9.17, 15) is 9.18 Å². The monoisotopic (exact) mass is 262 g/mol. The highest BCUT2D eigenvalue weighted by molar-refractivity contribution is 5.87. The van der Waals surface area contributed by atoms with Gasteiger partial charge in [-0.3, -0.25) is 4.79 Å². The number of benzene rings is 1. The van der Waals surface area contributed by atoms with Crippen LogP contribution < -0.4 is 5.73 Å². The number of amides is 1. The molecule has 1 heterocycles. The molecule has 0 radical (unpaired) electrons. The number of nitrogens with zero attached hydrogens (tertiary/aromatic N) is 1. The molecule has 1 amide bonds. The van der Waals surface area contributed by atoms with Gasteiger partial charge in [-0.15, -0.1) is 0 Å². The SMILES string of the molecule is C/C=C/C(=O)N1CCC(c2ccc(F)cc2)C(N)C1. The third-order valence-electron chi connectivity index (χ3n) is 3.58. The lowest BCUT2D eigenvalue weighted by molar-refractivity contribution is -0.127. The molecule has 1 aliphatic heterocycles.